The molecule has 1 aliphatic carbocycles. The van der Waals surface area contributed by atoms with E-state index in [0.717, 1.165) is 12.8 Å². The molecule has 0 spiro atoms. The van der Waals surface area contributed by atoms with Gasteiger partial charge in [-0.2, -0.15) is 0 Å². The molecule has 1 aromatic heterocycles. The van der Waals surface area contributed by atoms with Crippen molar-refractivity contribution in [1.82, 2.24) is 4.98 Å². The lowest BCUT2D eigenvalue weighted by molar-refractivity contribution is 0.102. The monoisotopic (exact) mass is 323 g/mol. The number of aromatic amines is 1. The molecule has 0 atom stereocenters. The molecule has 1 N–H and O–H groups in total. The van der Waals surface area contributed by atoms with Gasteiger partial charge in [0.05, 0.1) is 22.4 Å². The van der Waals surface area contributed by atoms with E-state index in [0.29, 0.717) is 22.0 Å². The number of hydrogen-bond donors (Lipinski definition) is 1. The second kappa shape index (κ2) is 6.12. The van der Waals surface area contributed by atoms with Gasteiger partial charge in [-0.25, -0.2) is 0 Å². The highest BCUT2D eigenvalue weighted by Crippen LogP contribution is 2.29. The summed E-state index contributed by atoms with van der Waals surface area (Å²) in [6.45, 7) is 0. The van der Waals surface area contributed by atoms with Gasteiger partial charge >= 0.3 is 0 Å². The van der Waals surface area contributed by atoms with Crippen molar-refractivity contribution in [2.45, 2.75) is 31.8 Å². The van der Waals surface area contributed by atoms with Crippen LogP contribution in [0.1, 0.15) is 41.7 Å². The first-order valence-corrected chi connectivity index (χ1v) is 7.75. The molecule has 1 fully saturated rings. The van der Waals surface area contributed by atoms with Gasteiger partial charge < -0.3 is 9.72 Å². The molecule has 0 amide bonds. The van der Waals surface area contributed by atoms with Crippen LogP contribution in [0.5, 0.6) is 5.75 Å². The zero-order valence-corrected chi connectivity index (χ0v) is 12.9. The number of benzene rings is 1. The lowest BCUT2D eigenvalue weighted by Gasteiger charge is -2.15. The number of H-pyrrole nitrogens is 1. The van der Waals surface area contributed by atoms with Crippen LogP contribution >= 0.6 is 23.2 Å². The molecule has 0 radical (unpaired) electrons. The zero-order chi connectivity index (χ0) is 14.8. The largest absolute Gasteiger partial charge is 0.490 e. The molecule has 0 aliphatic heterocycles. The van der Waals surface area contributed by atoms with Crippen LogP contribution in [0.15, 0.2) is 30.3 Å². The lowest BCUT2D eigenvalue weighted by atomic mass is 10.1. The number of ether oxygens (including phenoxy) is 1. The molecule has 0 unspecified atom stereocenters. The number of carbonyl (C=O) groups excluding carboxylic acids is 1. The van der Waals surface area contributed by atoms with Gasteiger partial charge in [-0.15, -0.1) is 0 Å². The van der Waals surface area contributed by atoms with E-state index in [2.05, 4.69) is 4.98 Å². The highest BCUT2D eigenvalue weighted by atomic mass is 35.5. The van der Waals surface area contributed by atoms with E-state index in [1.54, 1.807) is 12.1 Å². The molecule has 1 aliphatic rings. The Hall–Kier alpha value is -1.45. The highest BCUT2D eigenvalue weighted by Gasteiger charge is 2.21. The summed E-state index contributed by atoms with van der Waals surface area (Å²) >= 11 is 11.8. The Morgan fingerprint density at radius 1 is 1.19 bits per heavy atom. The van der Waals surface area contributed by atoms with Crippen LogP contribution in [0, 0.1) is 0 Å². The van der Waals surface area contributed by atoms with E-state index < -0.39 is 0 Å². The molecular formula is C16H15Cl2NO2. The van der Waals surface area contributed by atoms with E-state index in [4.69, 9.17) is 27.9 Å². The summed E-state index contributed by atoms with van der Waals surface area (Å²) in [7, 11) is 0. The molecule has 1 heterocycles. The molecule has 2 aromatic rings. The number of carbonyl (C=O) groups is 1. The number of hydrogen-bond acceptors (Lipinski definition) is 2. The maximum atomic E-state index is 12.6. The number of aromatic nitrogens is 1. The Balaban J connectivity index is 1.88. The average molecular weight is 324 g/mol. The van der Waals surface area contributed by atoms with Crippen LogP contribution in [-0.2, 0) is 0 Å². The van der Waals surface area contributed by atoms with Crippen LogP contribution in [0.3, 0.4) is 0 Å². The number of halogens is 2. The fourth-order valence-corrected chi connectivity index (χ4v) is 2.93. The minimum atomic E-state index is -0.169. The normalized spacial score (nSPS) is 15.3. The summed E-state index contributed by atoms with van der Waals surface area (Å²) in [6.07, 6.45) is 4.66. The average Bonchev–Trinajstić information content (AvgIpc) is 3.10. The van der Waals surface area contributed by atoms with Gasteiger partial charge in [-0.05, 0) is 43.9 Å². The predicted octanol–water partition coefficient (Wildman–Crippen LogP) is 4.87. The van der Waals surface area contributed by atoms with Crippen molar-refractivity contribution < 1.29 is 9.53 Å². The smallest absolute Gasteiger partial charge is 0.212 e. The number of rotatable bonds is 4. The van der Waals surface area contributed by atoms with Crippen molar-refractivity contribution in [3.05, 3.63) is 51.8 Å². The Labute approximate surface area is 133 Å². The summed E-state index contributed by atoms with van der Waals surface area (Å²) in [5, 5.41) is 0.614. The minimum absolute atomic E-state index is 0.169. The molecule has 1 saturated carbocycles. The van der Waals surface area contributed by atoms with Crippen molar-refractivity contribution in [2.24, 2.45) is 0 Å². The number of ketones is 1. The summed E-state index contributed by atoms with van der Waals surface area (Å²) in [5.74, 6) is 0.452. The Morgan fingerprint density at radius 3 is 2.57 bits per heavy atom. The van der Waals surface area contributed by atoms with E-state index in [1.165, 1.54) is 12.8 Å². The fraction of sp³-hybridized carbons (Fsp3) is 0.312. The minimum Gasteiger partial charge on any atom is -0.490 e. The first kappa shape index (κ1) is 14.5. The van der Waals surface area contributed by atoms with Crippen molar-refractivity contribution in [2.75, 3.05) is 0 Å². The standard InChI is InChI=1S/C16H15Cl2NO2/c17-12-9-13(19-16(12)18)15(20)11-7-3-4-8-14(11)21-10-5-1-2-6-10/h3-4,7-10,19H,1-2,5-6H2. The molecule has 3 nitrogen and oxygen atoms in total. The molecular weight excluding hydrogens is 309 g/mol. The van der Waals surface area contributed by atoms with Crippen LogP contribution in [0.4, 0.5) is 0 Å². The van der Waals surface area contributed by atoms with E-state index in [9.17, 15) is 4.79 Å². The Kier molecular flexibility index (Phi) is 4.22. The Morgan fingerprint density at radius 2 is 1.90 bits per heavy atom. The van der Waals surface area contributed by atoms with Crippen LogP contribution < -0.4 is 4.74 Å². The molecule has 3 rings (SSSR count). The van der Waals surface area contributed by atoms with Gasteiger partial charge in [-0.3, -0.25) is 4.79 Å². The van der Waals surface area contributed by atoms with E-state index in [-0.39, 0.29) is 17.0 Å². The molecule has 0 saturated heterocycles. The highest BCUT2D eigenvalue weighted by molar-refractivity contribution is 6.41. The first-order valence-electron chi connectivity index (χ1n) is 6.99. The number of para-hydroxylation sites is 1. The third-order valence-corrected chi connectivity index (χ3v) is 4.39. The second-order valence-electron chi connectivity index (χ2n) is 5.19. The van der Waals surface area contributed by atoms with Crippen molar-refractivity contribution >= 4 is 29.0 Å². The van der Waals surface area contributed by atoms with E-state index in [1.807, 2.05) is 18.2 Å². The van der Waals surface area contributed by atoms with Crippen molar-refractivity contribution in [3.63, 3.8) is 0 Å². The maximum Gasteiger partial charge on any atom is 0.212 e. The Bertz CT molecular complexity index is 641. The van der Waals surface area contributed by atoms with Crippen LogP contribution in [0.25, 0.3) is 0 Å². The molecule has 1 aromatic carbocycles. The summed E-state index contributed by atoms with van der Waals surface area (Å²) < 4.78 is 5.99. The van der Waals surface area contributed by atoms with Gasteiger partial charge in [0.2, 0.25) is 5.78 Å². The molecule has 5 heteroatoms. The SMILES string of the molecule is O=C(c1cc(Cl)c(Cl)[nH]1)c1ccccc1OC1CCCC1. The summed E-state index contributed by atoms with van der Waals surface area (Å²) in [6, 6.07) is 8.82. The van der Waals surface area contributed by atoms with Crippen molar-refractivity contribution in [1.29, 1.82) is 0 Å². The molecule has 0 bridgehead atoms. The van der Waals surface area contributed by atoms with Gasteiger partial charge in [0, 0.05) is 0 Å². The quantitative estimate of drug-likeness (QED) is 0.815. The van der Waals surface area contributed by atoms with E-state index >= 15 is 0 Å². The molecule has 21 heavy (non-hydrogen) atoms. The van der Waals surface area contributed by atoms with Crippen molar-refractivity contribution in [3.8, 4) is 5.75 Å². The summed E-state index contributed by atoms with van der Waals surface area (Å²) in [4.78, 5) is 15.4. The zero-order valence-electron chi connectivity index (χ0n) is 11.4. The van der Waals surface area contributed by atoms with Crippen LogP contribution in [-0.4, -0.2) is 16.9 Å². The predicted molar refractivity (Wildman–Crippen MR) is 83.6 cm³/mol. The third-order valence-electron chi connectivity index (χ3n) is 3.70. The topological polar surface area (TPSA) is 42.1 Å². The molecule has 110 valence electrons. The van der Waals surface area contributed by atoms with Gasteiger partial charge in [0.15, 0.2) is 0 Å². The maximum absolute atomic E-state index is 12.6. The van der Waals surface area contributed by atoms with Gasteiger partial charge in [0.25, 0.3) is 0 Å². The lowest BCUT2D eigenvalue weighted by Crippen LogP contribution is -2.14. The second-order valence-corrected chi connectivity index (χ2v) is 5.98. The van der Waals surface area contributed by atoms with Gasteiger partial charge in [-0.1, -0.05) is 35.3 Å². The summed E-state index contributed by atoms with van der Waals surface area (Å²) in [5.41, 5.74) is 0.895. The van der Waals surface area contributed by atoms with Gasteiger partial charge in [0.1, 0.15) is 10.9 Å². The fourth-order valence-electron chi connectivity index (χ4n) is 2.61. The number of nitrogens with one attached hydrogen (secondary N) is 1. The van der Waals surface area contributed by atoms with Crippen LogP contribution in [0.2, 0.25) is 10.2 Å². The first-order chi connectivity index (χ1) is 10.1. The third kappa shape index (κ3) is 3.09.